The molecule has 0 saturated heterocycles. The molecule has 0 fully saturated rings. The van der Waals surface area contributed by atoms with Crippen molar-refractivity contribution < 1.29 is 14.3 Å². The average Bonchev–Trinajstić information content (AvgIpc) is 2.59. The molecule has 24 heavy (non-hydrogen) atoms. The Morgan fingerprint density at radius 2 is 1.62 bits per heavy atom. The SMILES string of the molecule is COc1ccc(NC(=O)Oc2c(Cl)cc(Cl)c3ccccc23)cc1. The first-order valence-electron chi connectivity index (χ1n) is 7.08. The maximum Gasteiger partial charge on any atom is 0.417 e. The first-order valence-corrected chi connectivity index (χ1v) is 7.83. The number of rotatable bonds is 3. The van der Waals surface area contributed by atoms with Gasteiger partial charge in [-0.25, -0.2) is 4.79 Å². The molecule has 122 valence electrons. The maximum absolute atomic E-state index is 12.2. The van der Waals surface area contributed by atoms with Crippen molar-refractivity contribution in [2.45, 2.75) is 0 Å². The zero-order valence-electron chi connectivity index (χ0n) is 12.7. The van der Waals surface area contributed by atoms with E-state index in [0.29, 0.717) is 21.8 Å². The molecule has 0 saturated carbocycles. The Hall–Kier alpha value is -2.43. The summed E-state index contributed by atoms with van der Waals surface area (Å²) in [4.78, 5) is 12.2. The molecule has 3 rings (SSSR count). The first kappa shape index (κ1) is 16.4. The molecule has 0 aliphatic carbocycles. The van der Waals surface area contributed by atoms with E-state index in [9.17, 15) is 4.79 Å². The highest BCUT2D eigenvalue weighted by Crippen LogP contribution is 2.38. The molecule has 0 aromatic heterocycles. The molecule has 3 aromatic carbocycles. The Labute approximate surface area is 148 Å². The summed E-state index contributed by atoms with van der Waals surface area (Å²) in [6, 6.07) is 15.8. The number of carbonyl (C=O) groups excluding carboxylic acids is 1. The number of hydrogen-bond acceptors (Lipinski definition) is 3. The van der Waals surface area contributed by atoms with Crippen molar-refractivity contribution >= 4 is 45.8 Å². The Bertz CT molecular complexity index is 895. The van der Waals surface area contributed by atoms with E-state index in [2.05, 4.69) is 5.32 Å². The molecular weight excluding hydrogens is 349 g/mol. The van der Waals surface area contributed by atoms with E-state index >= 15 is 0 Å². The fourth-order valence-electron chi connectivity index (χ4n) is 2.29. The van der Waals surface area contributed by atoms with E-state index in [0.717, 1.165) is 5.39 Å². The zero-order chi connectivity index (χ0) is 17.1. The standard InChI is InChI=1S/C18H13Cl2NO3/c1-23-12-8-6-11(7-9-12)21-18(22)24-17-14-5-3-2-4-13(14)15(19)10-16(17)20/h2-10H,1H3,(H,21,22). The number of anilines is 1. The highest BCUT2D eigenvalue weighted by atomic mass is 35.5. The molecular formula is C18H13Cl2NO3. The lowest BCUT2D eigenvalue weighted by Gasteiger charge is -2.12. The summed E-state index contributed by atoms with van der Waals surface area (Å²) >= 11 is 12.4. The zero-order valence-corrected chi connectivity index (χ0v) is 14.2. The number of benzene rings is 3. The van der Waals surface area contributed by atoms with Crippen LogP contribution in [0, 0.1) is 0 Å². The molecule has 4 nitrogen and oxygen atoms in total. The summed E-state index contributed by atoms with van der Waals surface area (Å²) in [6.07, 6.45) is -0.644. The molecule has 0 bridgehead atoms. The van der Waals surface area contributed by atoms with Gasteiger partial charge in [0.15, 0.2) is 5.75 Å². The van der Waals surface area contributed by atoms with Gasteiger partial charge in [0.05, 0.1) is 17.2 Å². The Morgan fingerprint density at radius 1 is 0.958 bits per heavy atom. The van der Waals surface area contributed by atoms with Crippen molar-refractivity contribution in [1.82, 2.24) is 0 Å². The molecule has 0 aliphatic heterocycles. The summed E-state index contributed by atoms with van der Waals surface area (Å²) in [5.41, 5.74) is 0.579. The van der Waals surface area contributed by atoms with Crippen LogP contribution in [-0.2, 0) is 0 Å². The van der Waals surface area contributed by atoms with E-state index in [4.69, 9.17) is 32.7 Å². The maximum atomic E-state index is 12.2. The summed E-state index contributed by atoms with van der Waals surface area (Å²) in [5.74, 6) is 0.961. The summed E-state index contributed by atoms with van der Waals surface area (Å²) < 4.78 is 10.5. The quantitative estimate of drug-likeness (QED) is 0.644. The minimum atomic E-state index is -0.644. The molecule has 0 unspecified atom stereocenters. The van der Waals surface area contributed by atoms with Crippen LogP contribution in [0.1, 0.15) is 0 Å². The Balaban J connectivity index is 1.85. The van der Waals surface area contributed by atoms with Crippen LogP contribution in [-0.4, -0.2) is 13.2 Å². The molecule has 0 heterocycles. The van der Waals surface area contributed by atoms with Crippen molar-refractivity contribution in [2.24, 2.45) is 0 Å². The van der Waals surface area contributed by atoms with Gasteiger partial charge < -0.3 is 9.47 Å². The van der Waals surface area contributed by atoms with Crippen LogP contribution in [0.3, 0.4) is 0 Å². The van der Waals surface area contributed by atoms with E-state index in [1.165, 1.54) is 0 Å². The van der Waals surface area contributed by atoms with Crippen molar-refractivity contribution in [3.63, 3.8) is 0 Å². The lowest BCUT2D eigenvalue weighted by molar-refractivity contribution is 0.216. The fraction of sp³-hybridized carbons (Fsp3) is 0.0556. The van der Waals surface area contributed by atoms with Gasteiger partial charge in [0.2, 0.25) is 0 Å². The average molecular weight is 362 g/mol. The number of fused-ring (bicyclic) bond motifs is 1. The topological polar surface area (TPSA) is 47.6 Å². The van der Waals surface area contributed by atoms with Crippen LogP contribution >= 0.6 is 23.2 Å². The van der Waals surface area contributed by atoms with E-state index in [1.807, 2.05) is 18.2 Å². The Kier molecular flexibility index (Phi) is 4.79. The van der Waals surface area contributed by atoms with Crippen molar-refractivity contribution in [3.8, 4) is 11.5 Å². The predicted octanol–water partition coefficient (Wildman–Crippen LogP) is 5.77. The van der Waals surface area contributed by atoms with E-state index < -0.39 is 6.09 Å². The highest BCUT2D eigenvalue weighted by molar-refractivity contribution is 6.40. The normalized spacial score (nSPS) is 10.5. The first-order chi connectivity index (χ1) is 11.6. The second kappa shape index (κ2) is 6.99. The minimum Gasteiger partial charge on any atom is -0.497 e. The van der Waals surface area contributed by atoms with E-state index in [-0.39, 0.29) is 10.8 Å². The molecule has 0 atom stereocenters. The van der Waals surface area contributed by atoms with Crippen LogP contribution in [0.5, 0.6) is 11.5 Å². The van der Waals surface area contributed by atoms with Gasteiger partial charge in [-0.1, -0.05) is 47.5 Å². The smallest absolute Gasteiger partial charge is 0.417 e. The van der Waals surface area contributed by atoms with E-state index in [1.54, 1.807) is 43.5 Å². The van der Waals surface area contributed by atoms with Crippen molar-refractivity contribution in [3.05, 3.63) is 64.6 Å². The monoisotopic (exact) mass is 361 g/mol. The van der Waals surface area contributed by atoms with Gasteiger partial charge in [-0.15, -0.1) is 0 Å². The van der Waals surface area contributed by atoms with Crippen molar-refractivity contribution in [1.29, 1.82) is 0 Å². The summed E-state index contributed by atoms with van der Waals surface area (Å²) in [7, 11) is 1.57. The van der Waals surface area contributed by atoms with Crippen LogP contribution < -0.4 is 14.8 Å². The lowest BCUT2D eigenvalue weighted by Crippen LogP contribution is -2.17. The molecule has 0 aliphatic rings. The third-order valence-corrected chi connectivity index (χ3v) is 4.02. The number of ether oxygens (including phenoxy) is 2. The van der Waals surface area contributed by atoms with Gasteiger partial charge in [0.1, 0.15) is 5.75 Å². The second-order valence-corrected chi connectivity index (χ2v) is 5.77. The number of halogens is 2. The lowest BCUT2D eigenvalue weighted by atomic mass is 10.1. The van der Waals surface area contributed by atoms with Gasteiger partial charge in [0, 0.05) is 16.5 Å². The number of methoxy groups -OCH3 is 1. The van der Waals surface area contributed by atoms with Crippen molar-refractivity contribution in [2.75, 3.05) is 12.4 Å². The molecule has 6 heteroatoms. The predicted molar refractivity (Wildman–Crippen MR) is 96.6 cm³/mol. The molecule has 3 aromatic rings. The number of hydrogen-bond donors (Lipinski definition) is 1. The van der Waals surface area contributed by atoms with Gasteiger partial charge >= 0.3 is 6.09 Å². The highest BCUT2D eigenvalue weighted by Gasteiger charge is 2.15. The number of amides is 1. The van der Waals surface area contributed by atoms with Crippen LogP contribution in [0.15, 0.2) is 54.6 Å². The third-order valence-electron chi connectivity index (χ3n) is 3.43. The number of carbonyl (C=O) groups is 1. The van der Waals surface area contributed by atoms with Crippen LogP contribution in [0.4, 0.5) is 10.5 Å². The summed E-state index contributed by atoms with van der Waals surface area (Å²) in [5, 5.41) is 4.83. The van der Waals surface area contributed by atoms with Crippen LogP contribution in [0.25, 0.3) is 10.8 Å². The molecule has 0 radical (unpaired) electrons. The second-order valence-electron chi connectivity index (χ2n) is 4.96. The fourth-order valence-corrected chi connectivity index (χ4v) is 2.87. The van der Waals surface area contributed by atoms with Gasteiger partial charge in [0.25, 0.3) is 0 Å². The number of nitrogens with one attached hydrogen (secondary N) is 1. The largest absolute Gasteiger partial charge is 0.497 e. The van der Waals surface area contributed by atoms with Gasteiger partial charge in [-0.3, -0.25) is 5.32 Å². The molecule has 1 amide bonds. The molecule has 1 N–H and O–H groups in total. The Morgan fingerprint density at radius 3 is 2.29 bits per heavy atom. The van der Waals surface area contributed by atoms with Gasteiger partial charge in [-0.05, 0) is 30.3 Å². The third kappa shape index (κ3) is 3.40. The van der Waals surface area contributed by atoms with Gasteiger partial charge in [-0.2, -0.15) is 0 Å². The molecule has 0 spiro atoms. The summed E-state index contributed by atoms with van der Waals surface area (Å²) in [6.45, 7) is 0. The minimum absolute atomic E-state index is 0.266. The van der Waals surface area contributed by atoms with Crippen LogP contribution in [0.2, 0.25) is 10.0 Å².